The predicted molar refractivity (Wildman–Crippen MR) is 95.0 cm³/mol. The van der Waals surface area contributed by atoms with E-state index in [-0.39, 0.29) is 35.0 Å². The van der Waals surface area contributed by atoms with Crippen LogP contribution in [-0.2, 0) is 19.1 Å². The molecule has 2 amide bonds. The third-order valence-electron chi connectivity index (χ3n) is 5.41. The molecule has 28 heavy (non-hydrogen) atoms. The number of halogens is 1. The van der Waals surface area contributed by atoms with Crippen LogP contribution in [-0.4, -0.2) is 48.2 Å². The summed E-state index contributed by atoms with van der Waals surface area (Å²) in [7, 11) is 1.34. The largest absolute Gasteiger partial charge is 0.496 e. The number of imide groups is 1. The summed E-state index contributed by atoms with van der Waals surface area (Å²) in [6, 6.07) is 2.33. The van der Waals surface area contributed by atoms with Crippen LogP contribution in [0.5, 0.6) is 5.75 Å². The number of hydrogen-bond acceptors (Lipinski definition) is 6. The van der Waals surface area contributed by atoms with E-state index >= 15 is 0 Å². The lowest BCUT2D eigenvalue weighted by Gasteiger charge is -2.21. The smallest absolute Gasteiger partial charge is 0.329 e. The van der Waals surface area contributed by atoms with E-state index < -0.39 is 30.2 Å². The highest BCUT2D eigenvalue weighted by atomic mass is 19.1. The molecule has 3 atom stereocenters. The Bertz CT molecular complexity index is 799. The van der Waals surface area contributed by atoms with Crippen molar-refractivity contribution in [1.29, 1.82) is 0 Å². The molecule has 2 aliphatic rings. The first-order chi connectivity index (χ1) is 13.3. The minimum absolute atomic E-state index is 0.0534. The van der Waals surface area contributed by atoms with Crippen LogP contribution in [0.2, 0.25) is 0 Å². The van der Waals surface area contributed by atoms with Crippen molar-refractivity contribution in [2.24, 2.45) is 11.8 Å². The van der Waals surface area contributed by atoms with E-state index in [4.69, 9.17) is 9.47 Å². The molecule has 150 valence electrons. The first-order valence-corrected chi connectivity index (χ1v) is 9.25. The number of rotatable bonds is 6. The zero-order chi connectivity index (χ0) is 20.4. The zero-order valence-corrected chi connectivity index (χ0v) is 15.8. The number of ketones is 1. The molecule has 0 spiro atoms. The molecule has 1 aliphatic carbocycles. The lowest BCUT2D eigenvalue weighted by Crippen LogP contribution is -2.44. The van der Waals surface area contributed by atoms with Crippen molar-refractivity contribution >= 4 is 23.6 Å². The van der Waals surface area contributed by atoms with Gasteiger partial charge in [0, 0.05) is 0 Å². The summed E-state index contributed by atoms with van der Waals surface area (Å²) < 4.78 is 23.4. The van der Waals surface area contributed by atoms with Crippen LogP contribution in [0.3, 0.4) is 0 Å². The maximum atomic E-state index is 13.4. The van der Waals surface area contributed by atoms with Crippen LogP contribution >= 0.6 is 0 Å². The third kappa shape index (κ3) is 3.63. The predicted octanol–water partition coefficient (Wildman–Crippen LogP) is 2.12. The second-order valence-corrected chi connectivity index (χ2v) is 7.10. The molecular formula is C20H22FNO6. The van der Waals surface area contributed by atoms with Gasteiger partial charge in [-0.05, 0) is 38.0 Å². The van der Waals surface area contributed by atoms with Crippen molar-refractivity contribution < 1.29 is 33.0 Å². The molecule has 7 nitrogen and oxygen atoms in total. The third-order valence-corrected chi connectivity index (χ3v) is 5.41. The molecule has 1 aromatic rings. The van der Waals surface area contributed by atoms with E-state index in [9.17, 15) is 23.6 Å². The second-order valence-electron chi connectivity index (χ2n) is 7.10. The highest BCUT2D eigenvalue weighted by Gasteiger charge is 2.51. The molecule has 1 aromatic carbocycles. The van der Waals surface area contributed by atoms with Gasteiger partial charge in [0.15, 0.2) is 6.61 Å². The van der Waals surface area contributed by atoms with Crippen LogP contribution in [0.1, 0.15) is 43.0 Å². The van der Waals surface area contributed by atoms with Gasteiger partial charge in [-0.25, -0.2) is 9.18 Å². The average molecular weight is 391 g/mol. The number of ether oxygens (including phenoxy) is 2. The zero-order valence-electron chi connectivity index (χ0n) is 15.8. The fourth-order valence-electron chi connectivity index (χ4n) is 3.91. The van der Waals surface area contributed by atoms with Crippen molar-refractivity contribution in [3.8, 4) is 5.75 Å². The summed E-state index contributed by atoms with van der Waals surface area (Å²) in [5.41, 5.74) is -0.0534. The molecule has 0 aromatic heterocycles. The molecule has 0 radical (unpaired) electrons. The summed E-state index contributed by atoms with van der Waals surface area (Å²) in [6.07, 6.45) is 3.06. The van der Waals surface area contributed by atoms with Crippen molar-refractivity contribution in [2.75, 3.05) is 13.7 Å². The quantitative estimate of drug-likeness (QED) is 0.419. The molecule has 1 aliphatic heterocycles. The van der Waals surface area contributed by atoms with Gasteiger partial charge in [0.05, 0.1) is 24.5 Å². The molecular weight excluding hydrogens is 369 g/mol. The molecule has 2 fully saturated rings. The van der Waals surface area contributed by atoms with Gasteiger partial charge in [-0.1, -0.05) is 12.8 Å². The van der Waals surface area contributed by atoms with Crippen LogP contribution in [0.4, 0.5) is 4.39 Å². The Balaban J connectivity index is 1.65. The normalized spacial score (nSPS) is 22.6. The van der Waals surface area contributed by atoms with Crippen LogP contribution in [0.15, 0.2) is 18.2 Å². The molecule has 1 heterocycles. The summed E-state index contributed by atoms with van der Waals surface area (Å²) in [4.78, 5) is 50.7. The van der Waals surface area contributed by atoms with Gasteiger partial charge in [0.1, 0.15) is 17.6 Å². The van der Waals surface area contributed by atoms with Crippen molar-refractivity contribution in [2.45, 2.75) is 38.6 Å². The number of benzene rings is 1. The molecule has 1 saturated heterocycles. The Labute approximate surface area is 161 Å². The van der Waals surface area contributed by atoms with Gasteiger partial charge in [-0.15, -0.1) is 0 Å². The fourth-order valence-corrected chi connectivity index (χ4v) is 3.91. The number of Topliss-reactive ketones (excluding diaryl/α,β-unsaturated/α-hetero) is 1. The number of carbonyl (C=O) groups excluding carboxylic acids is 4. The Kier molecular flexibility index (Phi) is 5.76. The summed E-state index contributed by atoms with van der Waals surface area (Å²) >= 11 is 0. The highest BCUT2D eigenvalue weighted by molar-refractivity contribution is 6.08. The molecule has 0 bridgehead atoms. The first-order valence-electron chi connectivity index (χ1n) is 9.25. The van der Waals surface area contributed by atoms with Crippen LogP contribution in [0, 0.1) is 17.7 Å². The van der Waals surface area contributed by atoms with E-state index in [2.05, 4.69) is 0 Å². The fraction of sp³-hybridized carbons (Fsp3) is 0.500. The topological polar surface area (TPSA) is 90.0 Å². The van der Waals surface area contributed by atoms with E-state index in [1.54, 1.807) is 0 Å². The lowest BCUT2D eigenvalue weighted by atomic mass is 9.81. The Morgan fingerprint density at radius 2 is 1.79 bits per heavy atom. The summed E-state index contributed by atoms with van der Waals surface area (Å²) in [5.74, 6) is -3.41. The highest BCUT2D eigenvalue weighted by Crippen LogP contribution is 2.38. The monoisotopic (exact) mass is 391 g/mol. The van der Waals surface area contributed by atoms with E-state index in [0.29, 0.717) is 12.8 Å². The SMILES string of the molecule is COc1ccc(F)cc1C(=O)COC(=O)[C@H](C)N1C(=O)C2CCCCC2C1=O. The Hall–Kier alpha value is -2.77. The summed E-state index contributed by atoms with van der Waals surface area (Å²) in [5, 5.41) is 0. The van der Waals surface area contributed by atoms with Gasteiger partial charge in [0.2, 0.25) is 17.6 Å². The minimum Gasteiger partial charge on any atom is -0.496 e. The van der Waals surface area contributed by atoms with Gasteiger partial charge < -0.3 is 9.47 Å². The van der Waals surface area contributed by atoms with Gasteiger partial charge in [0.25, 0.3) is 0 Å². The van der Waals surface area contributed by atoms with Crippen LogP contribution in [0.25, 0.3) is 0 Å². The van der Waals surface area contributed by atoms with Gasteiger partial charge in [-0.3, -0.25) is 19.3 Å². The Morgan fingerprint density at radius 3 is 2.36 bits per heavy atom. The number of amides is 2. The lowest BCUT2D eigenvalue weighted by molar-refractivity contribution is -0.157. The minimum atomic E-state index is -1.12. The molecule has 3 rings (SSSR count). The maximum Gasteiger partial charge on any atom is 0.329 e. The number of methoxy groups -OCH3 is 1. The van der Waals surface area contributed by atoms with E-state index in [1.165, 1.54) is 20.1 Å². The molecule has 2 unspecified atom stereocenters. The van der Waals surface area contributed by atoms with Gasteiger partial charge >= 0.3 is 5.97 Å². The van der Waals surface area contributed by atoms with E-state index in [0.717, 1.165) is 29.9 Å². The molecule has 1 saturated carbocycles. The number of carbonyl (C=O) groups is 4. The maximum absolute atomic E-state index is 13.4. The number of likely N-dealkylation sites (tertiary alicyclic amines) is 1. The number of esters is 1. The summed E-state index contributed by atoms with van der Waals surface area (Å²) in [6.45, 7) is 0.759. The number of hydrogen-bond donors (Lipinski definition) is 0. The van der Waals surface area contributed by atoms with Crippen molar-refractivity contribution in [3.63, 3.8) is 0 Å². The molecule has 0 N–H and O–H groups in total. The first kappa shape index (κ1) is 20.0. The molecule has 8 heteroatoms. The van der Waals surface area contributed by atoms with Crippen LogP contribution < -0.4 is 4.74 Å². The Morgan fingerprint density at radius 1 is 1.18 bits per heavy atom. The van der Waals surface area contributed by atoms with Gasteiger partial charge in [-0.2, -0.15) is 0 Å². The number of fused-ring (bicyclic) bond motifs is 1. The van der Waals surface area contributed by atoms with Crippen molar-refractivity contribution in [1.82, 2.24) is 4.90 Å². The number of nitrogens with zero attached hydrogens (tertiary/aromatic N) is 1. The van der Waals surface area contributed by atoms with Crippen molar-refractivity contribution in [3.05, 3.63) is 29.6 Å². The standard InChI is InChI=1S/C20H22FNO6/c1-11(22-18(24)13-5-3-4-6-14(13)19(22)25)20(26)28-10-16(23)15-9-12(21)7-8-17(15)27-2/h7-9,11,13-14H,3-6,10H2,1-2H3/t11-,13?,14?/m0/s1. The average Bonchev–Trinajstić information content (AvgIpc) is 2.96. The second kappa shape index (κ2) is 8.08. The van der Waals surface area contributed by atoms with E-state index in [1.807, 2.05) is 0 Å².